The number of pyridine rings is 1. The SMILES string of the molecule is CN1CCN(C(=O)c2cncc(C=CC(=O)O)c2)CC1. The van der Waals surface area contributed by atoms with Gasteiger partial charge in [-0.05, 0) is 24.8 Å². The number of amides is 1. The highest BCUT2D eigenvalue weighted by Gasteiger charge is 2.20. The Morgan fingerprint density at radius 3 is 2.60 bits per heavy atom. The minimum atomic E-state index is -1.03. The van der Waals surface area contributed by atoms with Crippen LogP contribution in [-0.4, -0.2) is 65.0 Å². The molecular formula is C14H17N3O3. The van der Waals surface area contributed by atoms with Crippen LogP contribution in [0.15, 0.2) is 24.5 Å². The van der Waals surface area contributed by atoms with Gasteiger partial charge in [0.1, 0.15) is 0 Å². The van der Waals surface area contributed by atoms with Gasteiger partial charge in [0.05, 0.1) is 5.56 Å². The monoisotopic (exact) mass is 275 g/mol. The van der Waals surface area contributed by atoms with Crippen molar-refractivity contribution < 1.29 is 14.7 Å². The van der Waals surface area contributed by atoms with E-state index in [1.165, 1.54) is 18.5 Å². The summed E-state index contributed by atoms with van der Waals surface area (Å²) in [7, 11) is 2.03. The molecule has 1 saturated heterocycles. The number of carboxylic acids is 1. The third-order valence-corrected chi connectivity index (χ3v) is 3.22. The number of carboxylic acid groups (broad SMARTS) is 1. The molecule has 0 aromatic carbocycles. The average Bonchev–Trinajstić information content (AvgIpc) is 2.45. The second-order valence-electron chi connectivity index (χ2n) is 4.77. The van der Waals surface area contributed by atoms with Crippen molar-refractivity contribution in [1.29, 1.82) is 0 Å². The Bertz CT molecular complexity index is 534. The molecule has 0 atom stereocenters. The maximum atomic E-state index is 12.3. The number of carbonyl (C=O) groups excluding carboxylic acids is 1. The van der Waals surface area contributed by atoms with Crippen molar-refractivity contribution in [3.05, 3.63) is 35.7 Å². The summed E-state index contributed by atoms with van der Waals surface area (Å²) in [5, 5.41) is 8.59. The summed E-state index contributed by atoms with van der Waals surface area (Å²) in [6.45, 7) is 3.12. The van der Waals surface area contributed by atoms with E-state index in [1.807, 2.05) is 7.05 Å². The highest BCUT2D eigenvalue weighted by atomic mass is 16.4. The molecule has 106 valence electrons. The number of piperazine rings is 1. The van der Waals surface area contributed by atoms with Crippen LogP contribution in [0.25, 0.3) is 6.08 Å². The van der Waals surface area contributed by atoms with E-state index in [4.69, 9.17) is 5.11 Å². The van der Waals surface area contributed by atoms with Crippen LogP contribution >= 0.6 is 0 Å². The summed E-state index contributed by atoms with van der Waals surface area (Å²) in [4.78, 5) is 30.8. The highest BCUT2D eigenvalue weighted by molar-refractivity contribution is 5.95. The molecule has 1 fully saturated rings. The number of aliphatic carboxylic acids is 1. The number of likely N-dealkylation sites (N-methyl/N-ethyl adjacent to an activating group) is 1. The lowest BCUT2D eigenvalue weighted by Gasteiger charge is -2.32. The molecule has 0 saturated carbocycles. The third-order valence-electron chi connectivity index (χ3n) is 3.22. The second kappa shape index (κ2) is 6.29. The molecule has 2 heterocycles. The van der Waals surface area contributed by atoms with Gasteiger partial charge in [-0.25, -0.2) is 4.79 Å². The van der Waals surface area contributed by atoms with Gasteiger partial charge in [0.2, 0.25) is 0 Å². The zero-order valence-corrected chi connectivity index (χ0v) is 11.3. The molecule has 1 aliphatic heterocycles. The van der Waals surface area contributed by atoms with Gasteiger partial charge in [0.15, 0.2) is 0 Å². The van der Waals surface area contributed by atoms with Crippen LogP contribution in [0.2, 0.25) is 0 Å². The van der Waals surface area contributed by atoms with E-state index in [9.17, 15) is 9.59 Å². The first-order valence-electron chi connectivity index (χ1n) is 6.40. The molecule has 0 radical (unpaired) electrons. The second-order valence-corrected chi connectivity index (χ2v) is 4.77. The van der Waals surface area contributed by atoms with E-state index in [1.54, 1.807) is 11.0 Å². The Labute approximate surface area is 117 Å². The first-order valence-corrected chi connectivity index (χ1v) is 6.40. The predicted molar refractivity (Wildman–Crippen MR) is 74.3 cm³/mol. The smallest absolute Gasteiger partial charge is 0.328 e. The number of nitrogens with zero attached hydrogens (tertiary/aromatic N) is 3. The van der Waals surface area contributed by atoms with Crippen LogP contribution in [0, 0.1) is 0 Å². The Hall–Kier alpha value is -2.21. The fraction of sp³-hybridized carbons (Fsp3) is 0.357. The molecule has 1 aliphatic rings. The predicted octanol–water partition coefficient (Wildman–Crippen LogP) is 0.567. The molecule has 6 heteroatoms. The molecule has 20 heavy (non-hydrogen) atoms. The average molecular weight is 275 g/mol. The van der Waals surface area contributed by atoms with Crippen LogP contribution in [-0.2, 0) is 4.79 Å². The fourth-order valence-electron chi connectivity index (χ4n) is 2.03. The van der Waals surface area contributed by atoms with Gasteiger partial charge in [0.25, 0.3) is 5.91 Å². The largest absolute Gasteiger partial charge is 0.478 e. The first-order chi connectivity index (χ1) is 9.56. The van der Waals surface area contributed by atoms with Crippen LogP contribution in [0.5, 0.6) is 0 Å². The zero-order valence-electron chi connectivity index (χ0n) is 11.3. The van der Waals surface area contributed by atoms with E-state index in [2.05, 4.69) is 9.88 Å². The fourth-order valence-corrected chi connectivity index (χ4v) is 2.03. The molecule has 0 aliphatic carbocycles. The van der Waals surface area contributed by atoms with Crippen molar-refractivity contribution in [3.63, 3.8) is 0 Å². The summed E-state index contributed by atoms with van der Waals surface area (Å²) in [6, 6.07) is 1.66. The van der Waals surface area contributed by atoms with E-state index in [0.717, 1.165) is 19.2 Å². The van der Waals surface area contributed by atoms with Gasteiger partial charge in [-0.15, -0.1) is 0 Å². The Balaban J connectivity index is 2.10. The quantitative estimate of drug-likeness (QED) is 0.816. The van der Waals surface area contributed by atoms with E-state index in [-0.39, 0.29) is 5.91 Å². The van der Waals surface area contributed by atoms with Crippen molar-refractivity contribution in [2.75, 3.05) is 33.2 Å². The van der Waals surface area contributed by atoms with Crippen molar-refractivity contribution in [1.82, 2.24) is 14.8 Å². The first kappa shape index (κ1) is 14.2. The van der Waals surface area contributed by atoms with Crippen molar-refractivity contribution >= 4 is 18.0 Å². The standard InChI is InChI=1S/C14H17N3O3/c1-16-4-6-17(7-5-16)14(20)12-8-11(9-15-10-12)2-3-13(18)19/h2-3,8-10H,4-7H2,1H3,(H,18,19). The van der Waals surface area contributed by atoms with Gasteiger partial charge in [-0.3, -0.25) is 9.78 Å². The van der Waals surface area contributed by atoms with Crippen LogP contribution in [0.4, 0.5) is 0 Å². The van der Waals surface area contributed by atoms with Gasteiger partial charge >= 0.3 is 5.97 Å². The minimum Gasteiger partial charge on any atom is -0.478 e. The minimum absolute atomic E-state index is 0.0591. The molecule has 1 amide bonds. The van der Waals surface area contributed by atoms with Crippen LogP contribution < -0.4 is 0 Å². The van der Waals surface area contributed by atoms with Crippen LogP contribution in [0.3, 0.4) is 0 Å². The van der Waals surface area contributed by atoms with Gasteiger partial charge in [-0.1, -0.05) is 0 Å². The molecule has 6 nitrogen and oxygen atoms in total. The molecule has 0 spiro atoms. The van der Waals surface area contributed by atoms with Crippen molar-refractivity contribution in [2.24, 2.45) is 0 Å². The van der Waals surface area contributed by atoms with E-state index < -0.39 is 5.97 Å². The topological polar surface area (TPSA) is 73.7 Å². The maximum absolute atomic E-state index is 12.3. The molecule has 2 rings (SSSR count). The summed E-state index contributed by atoms with van der Waals surface area (Å²) in [6.07, 6.45) is 5.50. The molecule has 0 bridgehead atoms. The Morgan fingerprint density at radius 1 is 1.25 bits per heavy atom. The Morgan fingerprint density at radius 2 is 1.95 bits per heavy atom. The highest BCUT2D eigenvalue weighted by Crippen LogP contribution is 2.10. The van der Waals surface area contributed by atoms with E-state index in [0.29, 0.717) is 24.2 Å². The normalized spacial score (nSPS) is 16.6. The number of rotatable bonds is 3. The van der Waals surface area contributed by atoms with Crippen LogP contribution in [0.1, 0.15) is 15.9 Å². The van der Waals surface area contributed by atoms with Crippen molar-refractivity contribution in [2.45, 2.75) is 0 Å². The van der Waals surface area contributed by atoms with Gasteiger partial charge in [0, 0.05) is 44.6 Å². The third kappa shape index (κ3) is 3.64. The van der Waals surface area contributed by atoms with E-state index >= 15 is 0 Å². The Kier molecular flexibility index (Phi) is 4.47. The number of aromatic nitrogens is 1. The number of hydrogen-bond acceptors (Lipinski definition) is 4. The summed E-state index contributed by atoms with van der Waals surface area (Å²) in [5.41, 5.74) is 1.09. The van der Waals surface area contributed by atoms with Gasteiger partial charge < -0.3 is 14.9 Å². The maximum Gasteiger partial charge on any atom is 0.328 e. The lowest BCUT2D eigenvalue weighted by atomic mass is 10.1. The lowest BCUT2D eigenvalue weighted by Crippen LogP contribution is -2.47. The van der Waals surface area contributed by atoms with Crippen molar-refractivity contribution in [3.8, 4) is 0 Å². The zero-order chi connectivity index (χ0) is 14.5. The molecular weight excluding hydrogens is 258 g/mol. The molecule has 0 unspecified atom stereocenters. The summed E-state index contributed by atoms with van der Waals surface area (Å²) < 4.78 is 0. The number of hydrogen-bond donors (Lipinski definition) is 1. The van der Waals surface area contributed by atoms with Gasteiger partial charge in [-0.2, -0.15) is 0 Å². The summed E-state index contributed by atoms with van der Waals surface area (Å²) in [5.74, 6) is -1.09. The molecule has 1 aromatic rings. The molecule has 1 N–H and O–H groups in total. The molecule has 1 aromatic heterocycles. The summed E-state index contributed by atoms with van der Waals surface area (Å²) >= 11 is 0. The lowest BCUT2D eigenvalue weighted by molar-refractivity contribution is -0.131. The number of carbonyl (C=O) groups is 2.